The van der Waals surface area contributed by atoms with Gasteiger partial charge in [0.25, 0.3) is 0 Å². The van der Waals surface area contributed by atoms with E-state index >= 15 is 0 Å². The van der Waals surface area contributed by atoms with Gasteiger partial charge in [0.1, 0.15) is 0 Å². The minimum atomic E-state index is 0.131. The van der Waals surface area contributed by atoms with Gasteiger partial charge in [0.2, 0.25) is 0 Å². The maximum Gasteiger partial charge on any atom is 0.0506 e. The van der Waals surface area contributed by atoms with E-state index in [0.717, 1.165) is 39.1 Å². The van der Waals surface area contributed by atoms with Gasteiger partial charge in [-0.3, -0.25) is 4.90 Å². The zero-order valence-electron chi connectivity index (χ0n) is 13.2. The number of fused-ring (bicyclic) bond motifs is 1. The van der Waals surface area contributed by atoms with E-state index in [-0.39, 0.29) is 5.54 Å². The largest absolute Gasteiger partial charge is 0.381 e. The maximum atomic E-state index is 6.23. The highest BCUT2D eigenvalue weighted by molar-refractivity contribution is 5.32. The van der Waals surface area contributed by atoms with Gasteiger partial charge in [0.05, 0.1) is 6.61 Å². The molecule has 0 spiro atoms. The first-order chi connectivity index (χ1) is 10.2. The van der Waals surface area contributed by atoms with E-state index in [0.29, 0.717) is 5.92 Å². The summed E-state index contributed by atoms with van der Waals surface area (Å²) >= 11 is 0. The molecule has 1 saturated heterocycles. The fraction of sp³-hybridized carbons (Fsp3) is 0.667. The van der Waals surface area contributed by atoms with Crippen molar-refractivity contribution in [2.45, 2.75) is 37.6 Å². The fourth-order valence-electron chi connectivity index (χ4n) is 3.97. The summed E-state index contributed by atoms with van der Waals surface area (Å²) in [6.07, 6.45) is 5.91. The van der Waals surface area contributed by atoms with E-state index < -0.39 is 0 Å². The van der Waals surface area contributed by atoms with Crippen molar-refractivity contribution in [2.75, 3.05) is 33.4 Å². The summed E-state index contributed by atoms with van der Waals surface area (Å²) in [4.78, 5) is 2.53. The van der Waals surface area contributed by atoms with E-state index in [1.54, 1.807) is 0 Å². The second-order valence-electron chi connectivity index (χ2n) is 6.84. The molecule has 1 heterocycles. The van der Waals surface area contributed by atoms with E-state index in [4.69, 9.17) is 10.5 Å². The number of hydrogen-bond acceptors (Lipinski definition) is 3. The number of benzene rings is 1. The molecule has 0 aromatic heterocycles. The molecule has 1 aromatic rings. The van der Waals surface area contributed by atoms with Gasteiger partial charge >= 0.3 is 0 Å². The van der Waals surface area contributed by atoms with E-state index in [1.807, 2.05) is 0 Å². The number of nitrogens with two attached hydrogens (primary N) is 1. The molecule has 1 fully saturated rings. The highest BCUT2D eigenvalue weighted by Gasteiger charge is 2.37. The summed E-state index contributed by atoms with van der Waals surface area (Å²) < 4.78 is 5.64. The Morgan fingerprint density at radius 1 is 1.33 bits per heavy atom. The molecule has 2 unspecified atom stereocenters. The fourth-order valence-corrected chi connectivity index (χ4v) is 3.97. The summed E-state index contributed by atoms with van der Waals surface area (Å²) in [6.45, 7) is 3.71. The zero-order chi connectivity index (χ0) is 14.7. The Morgan fingerprint density at radius 2 is 2.14 bits per heavy atom. The lowest BCUT2D eigenvalue weighted by molar-refractivity contribution is 0.0168. The molecule has 3 rings (SSSR count). The van der Waals surface area contributed by atoms with Gasteiger partial charge in [-0.15, -0.1) is 0 Å². The van der Waals surface area contributed by atoms with Gasteiger partial charge in [0, 0.05) is 25.2 Å². The smallest absolute Gasteiger partial charge is 0.0506 e. The molecule has 21 heavy (non-hydrogen) atoms. The molecule has 3 heteroatoms. The lowest BCUT2D eigenvalue weighted by Gasteiger charge is -2.46. The third-order valence-electron chi connectivity index (χ3n) is 5.47. The summed E-state index contributed by atoms with van der Waals surface area (Å²) in [5.74, 6) is 0.671. The predicted octanol–water partition coefficient (Wildman–Crippen LogP) is 2.23. The number of ether oxygens (including phenoxy) is 1. The highest BCUT2D eigenvalue weighted by atomic mass is 16.5. The SMILES string of the molecule is CN(CC1CCCOC1)C1(CN)CCc2ccccc2C1. The molecule has 0 amide bonds. The molecule has 2 aliphatic rings. The molecule has 0 bridgehead atoms. The van der Waals surface area contributed by atoms with Crippen LogP contribution < -0.4 is 5.73 Å². The Balaban J connectivity index is 1.71. The van der Waals surface area contributed by atoms with Crippen LogP contribution in [0.3, 0.4) is 0 Å². The topological polar surface area (TPSA) is 38.5 Å². The lowest BCUT2D eigenvalue weighted by atomic mass is 9.76. The van der Waals surface area contributed by atoms with Crippen molar-refractivity contribution in [2.24, 2.45) is 11.7 Å². The number of likely N-dealkylation sites (N-methyl/N-ethyl adjacent to an activating group) is 1. The normalized spacial score (nSPS) is 29.4. The Hall–Kier alpha value is -0.900. The standard InChI is InChI=1S/C18H28N2O/c1-20(12-15-5-4-10-21-13-15)18(14-19)9-8-16-6-2-3-7-17(16)11-18/h2-3,6-7,15H,4-5,8-14,19H2,1H3. The molecule has 2 atom stereocenters. The van der Waals surface area contributed by atoms with Crippen LogP contribution in [0.1, 0.15) is 30.4 Å². The molecule has 1 aliphatic carbocycles. The average molecular weight is 288 g/mol. The molecule has 0 radical (unpaired) electrons. The second kappa shape index (κ2) is 6.47. The van der Waals surface area contributed by atoms with E-state index in [1.165, 1.54) is 30.4 Å². The van der Waals surface area contributed by atoms with Gasteiger partial charge in [-0.2, -0.15) is 0 Å². The van der Waals surface area contributed by atoms with Crippen LogP contribution in [-0.2, 0) is 17.6 Å². The van der Waals surface area contributed by atoms with Crippen molar-refractivity contribution in [3.05, 3.63) is 35.4 Å². The molecular formula is C18H28N2O. The summed E-state index contributed by atoms with van der Waals surface area (Å²) in [5, 5.41) is 0. The third kappa shape index (κ3) is 3.15. The summed E-state index contributed by atoms with van der Waals surface area (Å²) in [7, 11) is 2.26. The Bertz CT molecular complexity index is 470. The first kappa shape index (κ1) is 15.0. The van der Waals surface area contributed by atoms with Gasteiger partial charge < -0.3 is 10.5 Å². The number of nitrogens with zero attached hydrogens (tertiary/aromatic N) is 1. The monoisotopic (exact) mass is 288 g/mol. The van der Waals surface area contributed by atoms with Crippen molar-refractivity contribution in [1.82, 2.24) is 4.90 Å². The van der Waals surface area contributed by atoms with Crippen molar-refractivity contribution in [3.8, 4) is 0 Å². The Morgan fingerprint density at radius 3 is 2.86 bits per heavy atom. The molecular weight excluding hydrogens is 260 g/mol. The van der Waals surface area contributed by atoms with Crippen molar-refractivity contribution < 1.29 is 4.74 Å². The van der Waals surface area contributed by atoms with Gasteiger partial charge in [-0.25, -0.2) is 0 Å². The molecule has 2 N–H and O–H groups in total. The van der Waals surface area contributed by atoms with Crippen LogP contribution in [0.4, 0.5) is 0 Å². The molecule has 0 saturated carbocycles. The number of aryl methyl sites for hydroxylation is 1. The van der Waals surface area contributed by atoms with Gasteiger partial charge in [0.15, 0.2) is 0 Å². The van der Waals surface area contributed by atoms with Crippen molar-refractivity contribution in [3.63, 3.8) is 0 Å². The first-order valence-electron chi connectivity index (χ1n) is 8.29. The lowest BCUT2D eigenvalue weighted by Crippen LogP contribution is -2.57. The van der Waals surface area contributed by atoms with Crippen LogP contribution >= 0.6 is 0 Å². The molecule has 1 aromatic carbocycles. The molecule has 1 aliphatic heterocycles. The quantitative estimate of drug-likeness (QED) is 0.923. The van der Waals surface area contributed by atoms with Gasteiger partial charge in [-0.1, -0.05) is 24.3 Å². The minimum Gasteiger partial charge on any atom is -0.381 e. The van der Waals surface area contributed by atoms with Crippen LogP contribution in [0.5, 0.6) is 0 Å². The van der Waals surface area contributed by atoms with E-state index in [2.05, 4.69) is 36.2 Å². The Labute approximate surface area is 128 Å². The average Bonchev–Trinajstić information content (AvgIpc) is 2.55. The molecule has 116 valence electrons. The van der Waals surface area contributed by atoms with Crippen LogP contribution in [-0.4, -0.2) is 43.8 Å². The van der Waals surface area contributed by atoms with Crippen LogP contribution in [0.2, 0.25) is 0 Å². The zero-order valence-corrected chi connectivity index (χ0v) is 13.2. The van der Waals surface area contributed by atoms with Crippen molar-refractivity contribution in [1.29, 1.82) is 0 Å². The van der Waals surface area contributed by atoms with Crippen LogP contribution in [0.15, 0.2) is 24.3 Å². The predicted molar refractivity (Wildman–Crippen MR) is 86.4 cm³/mol. The van der Waals surface area contributed by atoms with Crippen LogP contribution in [0.25, 0.3) is 0 Å². The van der Waals surface area contributed by atoms with Crippen molar-refractivity contribution >= 4 is 0 Å². The van der Waals surface area contributed by atoms with Crippen LogP contribution in [0, 0.1) is 5.92 Å². The number of rotatable bonds is 4. The molecule has 3 nitrogen and oxygen atoms in total. The highest BCUT2D eigenvalue weighted by Crippen LogP contribution is 2.33. The second-order valence-corrected chi connectivity index (χ2v) is 6.84. The summed E-state index contributed by atoms with van der Waals surface area (Å²) in [5.41, 5.74) is 9.36. The third-order valence-corrected chi connectivity index (χ3v) is 5.47. The van der Waals surface area contributed by atoms with Gasteiger partial charge in [-0.05, 0) is 56.2 Å². The number of hydrogen-bond donors (Lipinski definition) is 1. The summed E-state index contributed by atoms with van der Waals surface area (Å²) in [6, 6.07) is 8.85. The minimum absolute atomic E-state index is 0.131. The maximum absolute atomic E-state index is 6.23. The Kier molecular flexibility index (Phi) is 4.63. The first-order valence-corrected chi connectivity index (χ1v) is 8.29. The van der Waals surface area contributed by atoms with E-state index in [9.17, 15) is 0 Å².